The monoisotopic (exact) mass is 212 g/mol. The molecule has 0 saturated heterocycles. The normalized spacial score (nSPS) is 10.4. The number of nitrogens with zero attached hydrogens (tertiary/aromatic N) is 2. The molecule has 0 aromatic carbocycles. The fourth-order valence-electron chi connectivity index (χ4n) is 1.09. The van der Waals surface area contributed by atoms with E-state index in [1.807, 2.05) is 0 Å². The molecule has 3 N–H and O–H groups in total. The quantitative estimate of drug-likeness (QED) is 0.709. The Labute approximate surface area is 83.9 Å². The fraction of sp³-hybridized carbons (Fsp3) is 0. The predicted molar refractivity (Wildman–Crippen MR) is 51.2 cm³/mol. The van der Waals surface area contributed by atoms with E-state index in [1.54, 1.807) is 0 Å². The van der Waals surface area contributed by atoms with Gasteiger partial charge in [-0.05, 0) is 6.07 Å². The topological polar surface area (TPSA) is 67.6 Å². The standard InChI is InChI=1S/C8H6ClFN4/c9-4-1-5(8(10)12-3-4)6-2-7(11)14-13-6/h1-3H,(H3,11,13,14). The minimum atomic E-state index is -0.613. The lowest BCUT2D eigenvalue weighted by molar-refractivity contribution is 0.587. The Kier molecular flexibility index (Phi) is 2.09. The maximum atomic E-state index is 13.2. The highest BCUT2D eigenvalue weighted by Crippen LogP contribution is 2.23. The molecule has 0 fully saturated rings. The smallest absolute Gasteiger partial charge is 0.222 e. The van der Waals surface area contributed by atoms with Gasteiger partial charge in [-0.2, -0.15) is 9.49 Å². The van der Waals surface area contributed by atoms with E-state index in [-0.39, 0.29) is 5.56 Å². The second-order valence-corrected chi connectivity index (χ2v) is 3.13. The fourth-order valence-corrected chi connectivity index (χ4v) is 1.24. The van der Waals surface area contributed by atoms with Crippen molar-refractivity contribution in [3.8, 4) is 11.3 Å². The first-order chi connectivity index (χ1) is 6.66. The summed E-state index contributed by atoms with van der Waals surface area (Å²) in [6.45, 7) is 0. The maximum absolute atomic E-state index is 13.2. The molecule has 2 heterocycles. The third-order valence-corrected chi connectivity index (χ3v) is 1.90. The van der Waals surface area contributed by atoms with Gasteiger partial charge < -0.3 is 5.73 Å². The summed E-state index contributed by atoms with van der Waals surface area (Å²) in [5, 5.41) is 6.61. The first-order valence-electron chi connectivity index (χ1n) is 3.79. The number of hydrogen-bond donors (Lipinski definition) is 2. The molecule has 0 spiro atoms. The molecule has 0 aliphatic carbocycles. The maximum Gasteiger partial charge on any atom is 0.222 e. The van der Waals surface area contributed by atoms with Gasteiger partial charge in [-0.25, -0.2) is 4.98 Å². The highest BCUT2D eigenvalue weighted by atomic mass is 35.5. The van der Waals surface area contributed by atoms with Crippen LogP contribution in [0.25, 0.3) is 11.3 Å². The number of H-pyrrole nitrogens is 1. The number of aromatic nitrogens is 3. The highest BCUT2D eigenvalue weighted by molar-refractivity contribution is 6.30. The zero-order chi connectivity index (χ0) is 10.1. The Hall–Kier alpha value is -1.62. The second-order valence-electron chi connectivity index (χ2n) is 2.70. The van der Waals surface area contributed by atoms with E-state index in [4.69, 9.17) is 17.3 Å². The molecular weight excluding hydrogens is 207 g/mol. The average Bonchev–Trinajstić information content (AvgIpc) is 2.56. The largest absolute Gasteiger partial charge is 0.382 e. The summed E-state index contributed by atoms with van der Waals surface area (Å²) in [6.07, 6.45) is 1.24. The van der Waals surface area contributed by atoms with E-state index in [2.05, 4.69) is 15.2 Å². The van der Waals surface area contributed by atoms with Crippen LogP contribution in [0.2, 0.25) is 5.02 Å². The number of hydrogen-bond acceptors (Lipinski definition) is 3. The summed E-state index contributed by atoms with van der Waals surface area (Å²) in [7, 11) is 0. The van der Waals surface area contributed by atoms with E-state index in [0.29, 0.717) is 16.5 Å². The number of rotatable bonds is 1. The van der Waals surface area contributed by atoms with Crippen molar-refractivity contribution in [3.05, 3.63) is 29.3 Å². The first-order valence-corrected chi connectivity index (χ1v) is 4.17. The van der Waals surface area contributed by atoms with Gasteiger partial charge in [0.1, 0.15) is 5.82 Å². The van der Waals surface area contributed by atoms with Gasteiger partial charge in [0, 0.05) is 12.3 Å². The Morgan fingerprint density at radius 1 is 1.43 bits per heavy atom. The van der Waals surface area contributed by atoms with Crippen molar-refractivity contribution in [2.24, 2.45) is 0 Å². The van der Waals surface area contributed by atoms with Gasteiger partial charge in [-0.15, -0.1) is 0 Å². The van der Waals surface area contributed by atoms with E-state index in [0.717, 1.165) is 0 Å². The van der Waals surface area contributed by atoms with Crippen LogP contribution in [-0.4, -0.2) is 15.2 Å². The number of pyridine rings is 1. The SMILES string of the molecule is Nc1cc(-c2cc(Cl)cnc2F)[nH]n1. The van der Waals surface area contributed by atoms with E-state index < -0.39 is 5.95 Å². The molecule has 2 rings (SSSR count). The average molecular weight is 213 g/mol. The van der Waals surface area contributed by atoms with Crippen molar-refractivity contribution in [3.63, 3.8) is 0 Å². The lowest BCUT2D eigenvalue weighted by Gasteiger charge is -1.98. The molecule has 2 aromatic rings. The van der Waals surface area contributed by atoms with Crippen LogP contribution >= 0.6 is 11.6 Å². The van der Waals surface area contributed by atoms with Gasteiger partial charge in [0.05, 0.1) is 16.3 Å². The van der Waals surface area contributed by atoms with Crippen molar-refractivity contribution in [1.29, 1.82) is 0 Å². The van der Waals surface area contributed by atoms with Gasteiger partial charge in [-0.1, -0.05) is 11.6 Å². The van der Waals surface area contributed by atoms with E-state index >= 15 is 0 Å². The number of nitrogens with two attached hydrogens (primary N) is 1. The number of halogens is 2. The minimum Gasteiger partial charge on any atom is -0.382 e. The van der Waals surface area contributed by atoms with Gasteiger partial charge >= 0.3 is 0 Å². The Bertz CT molecular complexity index is 468. The van der Waals surface area contributed by atoms with Crippen LogP contribution in [0.3, 0.4) is 0 Å². The second kappa shape index (κ2) is 3.26. The van der Waals surface area contributed by atoms with E-state index in [1.165, 1.54) is 18.3 Å². The predicted octanol–water partition coefficient (Wildman–Crippen LogP) is 1.85. The van der Waals surface area contributed by atoms with Gasteiger partial charge in [0.2, 0.25) is 5.95 Å². The van der Waals surface area contributed by atoms with Crippen LogP contribution in [0, 0.1) is 5.95 Å². The van der Waals surface area contributed by atoms with Gasteiger partial charge in [0.25, 0.3) is 0 Å². The first kappa shape index (κ1) is 8.96. The van der Waals surface area contributed by atoms with Crippen molar-refractivity contribution >= 4 is 17.4 Å². The molecule has 6 heteroatoms. The van der Waals surface area contributed by atoms with E-state index in [9.17, 15) is 4.39 Å². The van der Waals surface area contributed by atoms with Crippen LogP contribution in [0.5, 0.6) is 0 Å². The lowest BCUT2D eigenvalue weighted by atomic mass is 10.2. The summed E-state index contributed by atoms with van der Waals surface area (Å²) >= 11 is 5.68. The number of nitrogen functional groups attached to an aromatic ring is 1. The molecule has 0 unspecified atom stereocenters. The van der Waals surface area contributed by atoms with Crippen LogP contribution < -0.4 is 5.73 Å². The Morgan fingerprint density at radius 2 is 2.21 bits per heavy atom. The molecule has 0 bridgehead atoms. The van der Waals surface area contributed by atoms with Gasteiger partial charge in [-0.3, -0.25) is 5.10 Å². The van der Waals surface area contributed by atoms with Gasteiger partial charge in [0.15, 0.2) is 0 Å². The molecule has 0 amide bonds. The summed E-state index contributed by atoms with van der Waals surface area (Å²) in [4.78, 5) is 3.48. The molecule has 14 heavy (non-hydrogen) atoms. The molecule has 0 saturated carbocycles. The van der Waals surface area contributed by atoms with Crippen molar-refractivity contribution in [2.45, 2.75) is 0 Å². The molecule has 0 atom stereocenters. The van der Waals surface area contributed by atoms with Crippen LogP contribution in [0.1, 0.15) is 0 Å². The third kappa shape index (κ3) is 1.54. The zero-order valence-corrected chi connectivity index (χ0v) is 7.72. The number of nitrogens with one attached hydrogen (secondary N) is 1. The Balaban J connectivity index is 2.55. The number of anilines is 1. The summed E-state index contributed by atoms with van der Waals surface area (Å²) in [5.41, 5.74) is 6.09. The zero-order valence-electron chi connectivity index (χ0n) is 6.96. The lowest BCUT2D eigenvalue weighted by Crippen LogP contribution is -1.88. The van der Waals surface area contributed by atoms with Crippen molar-refractivity contribution in [1.82, 2.24) is 15.2 Å². The Morgan fingerprint density at radius 3 is 2.86 bits per heavy atom. The molecule has 4 nitrogen and oxygen atoms in total. The van der Waals surface area contributed by atoms with Crippen molar-refractivity contribution in [2.75, 3.05) is 5.73 Å². The highest BCUT2D eigenvalue weighted by Gasteiger charge is 2.09. The molecule has 0 aliphatic rings. The van der Waals surface area contributed by atoms with Crippen molar-refractivity contribution < 1.29 is 4.39 Å². The third-order valence-electron chi connectivity index (χ3n) is 1.69. The molecule has 0 aliphatic heterocycles. The number of aromatic amines is 1. The minimum absolute atomic E-state index is 0.252. The molecule has 0 radical (unpaired) electrons. The summed E-state index contributed by atoms with van der Waals surface area (Å²) in [6, 6.07) is 2.97. The van der Waals surface area contributed by atoms with Crippen LogP contribution in [-0.2, 0) is 0 Å². The molecule has 72 valence electrons. The molecule has 2 aromatic heterocycles. The summed E-state index contributed by atoms with van der Waals surface area (Å²) in [5.74, 6) is -0.322. The van der Waals surface area contributed by atoms with Crippen LogP contribution in [0.4, 0.5) is 10.2 Å². The summed E-state index contributed by atoms with van der Waals surface area (Å²) < 4.78 is 13.2. The van der Waals surface area contributed by atoms with Crippen LogP contribution in [0.15, 0.2) is 18.3 Å². The molecular formula is C8H6ClFN4.